The van der Waals surface area contributed by atoms with Gasteiger partial charge in [0.05, 0.1) is 23.9 Å². The lowest BCUT2D eigenvalue weighted by molar-refractivity contribution is -0.137. The summed E-state index contributed by atoms with van der Waals surface area (Å²) >= 11 is 0. The molecule has 0 heterocycles. The number of anilines is 1. The topological polar surface area (TPSA) is 63.7 Å². The number of ether oxygens (including phenoxy) is 1. The first kappa shape index (κ1) is 16.7. The summed E-state index contributed by atoms with van der Waals surface area (Å²) in [5.41, 5.74) is -2.86. The van der Waals surface area contributed by atoms with E-state index in [9.17, 15) is 27.6 Å². The second-order valence-electron chi connectivity index (χ2n) is 4.06. The van der Waals surface area contributed by atoms with Gasteiger partial charge in [0, 0.05) is 13.8 Å². The molecular weight excluding hydrogens is 291 g/mol. The molecule has 0 radical (unpaired) electrons. The number of nitrogens with zero attached hydrogens (tertiary/aromatic N) is 1. The zero-order valence-corrected chi connectivity index (χ0v) is 11.4. The highest BCUT2D eigenvalue weighted by Crippen LogP contribution is 2.39. The average Bonchev–Trinajstić information content (AvgIpc) is 2.35. The van der Waals surface area contributed by atoms with Crippen LogP contribution in [-0.4, -0.2) is 24.9 Å². The predicted octanol–water partition coefficient (Wildman–Crippen LogP) is 2.39. The molecule has 0 unspecified atom stereocenters. The zero-order valence-electron chi connectivity index (χ0n) is 11.4. The average molecular weight is 303 g/mol. The standard InChI is InChI=1S/C13H12F3NO4/c1-7(18)17(8(2)19)10-6-4-5-9(12(20)21-3)11(10)13(14,15)16/h4-6H,1-3H3. The van der Waals surface area contributed by atoms with Crippen molar-refractivity contribution in [2.24, 2.45) is 0 Å². The van der Waals surface area contributed by atoms with Crippen LogP contribution < -0.4 is 4.90 Å². The lowest BCUT2D eigenvalue weighted by Gasteiger charge is -2.23. The van der Waals surface area contributed by atoms with E-state index in [-0.39, 0.29) is 0 Å². The lowest BCUT2D eigenvalue weighted by Crippen LogP contribution is -2.35. The molecule has 0 fully saturated rings. The summed E-state index contributed by atoms with van der Waals surface area (Å²) in [4.78, 5) is 34.7. The smallest absolute Gasteiger partial charge is 0.419 e. The summed E-state index contributed by atoms with van der Waals surface area (Å²) in [6.07, 6.45) is -4.94. The Balaban J connectivity index is 3.70. The Morgan fingerprint density at radius 2 is 1.62 bits per heavy atom. The minimum Gasteiger partial charge on any atom is -0.465 e. The van der Waals surface area contributed by atoms with Crippen LogP contribution in [0.2, 0.25) is 0 Å². The van der Waals surface area contributed by atoms with Gasteiger partial charge in [-0.05, 0) is 12.1 Å². The summed E-state index contributed by atoms with van der Waals surface area (Å²) in [5.74, 6) is -3.00. The molecular formula is C13H12F3NO4. The van der Waals surface area contributed by atoms with Crippen LogP contribution in [0.4, 0.5) is 18.9 Å². The Bertz CT molecular complexity index is 582. The maximum atomic E-state index is 13.2. The summed E-state index contributed by atoms with van der Waals surface area (Å²) in [5, 5.41) is 0. The predicted molar refractivity (Wildman–Crippen MR) is 66.6 cm³/mol. The lowest BCUT2D eigenvalue weighted by atomic mass is 10.0. The summed E-state index contributed by atoms with van der Waals surface area (Å²) < 4.78 is 44.0. The number of esters is 1. The van der Waals surface area contributed by atoms with E-state index >= 15 is 0 Å². The van der Waals surface area contributed by atoms with E-state index in [1.165, 1.54) is 0 Å². The number of alkyl halides is 3. The Kier molecular flexibility index (Phi) is 4.72. The largest absolute Gasteiger partial charge is 0.465 e. The number of hydrogen-bond acceptors (Lipinski definition) is 4. The Morgan fingerprint density at radius 1 is 1.10 bits per heavy atom. The minimum absolute atomic E-state index is 0.356. The third-order valence-electron chi connectivity index (χ3n) is 2.60. The fraction of sp³-hybridized carbons (Fsp3) is 0.308. The highest BCUT2D eigenvalue weighted by Gasteiger charge is 2.40. The van der Waals surface area contributed by atoms with Crippen LogP contribution in [0.5, 0.6) is 0 Å². The van der Waals surface area contributed by atoms with Crippen molar-refractivity contribution in [1.29, 1.82) is 0 Å². The summed E-state index contributed by atoms with van der Waals surface area (Å²) in [6, 6.07) is 2.99. The number of benzene rings is 1. The van der Waals surface area contributed by atoms with Crippen molar-refractivity contribution in [3.63, 3.8) is 0 Å². The van der Waals surface area contributed by atoms with E-state index in [1.807, 2.05) is 0 Å². The number of methoxy groups -OCH3 is 1. The molecule has 0 bridgehead atoms. The fourth-order valence-corrected chi connectivity index (χ4v) is 1.87. The Hall–Kier alpha value is -2.38. The second kappa shape index (κ2) is 5.94. The van der Waals surface area contributed by atoms with Crippen LogP contribution >= 0.6 is 0 Å². The van der Waals surface area contributed by atoms with Crippen molar-refractivity contribution in [1.82, 2.24) is 0 Å². The normalized spacial score (nSPS) is 11.0. The van der Waals surface area contributed by atoms with Gasteiger partial charge < -0.3 is 4.74 Å². The maximum Gasteiger partial charge on any atom is 0.419 e. The number of rotatable bonds is 2. The van der Waals surface area contributed by atoms with Crippen molar-refractivity contribution in [3.05, 3.63) is 29.3 Å². The van der Waals surface area contributed by atoms with Gasteiger partial charge in [0.25, 0.3) is 0 Å². The molecule has 0 saturated heterocycles. The van der Waals surface area contributed by atoms with E-state index < -0.39 is 40.8 Å². The van der Waals surface area contributed by atoms with Crippen LogP contribution in [0, 0.1) is 0 Å². The number of imide groups is 1. The number of amides is 2. The number of carbonyl (C=O) groups is 3. The third kappa shape index (κ3) is 3.39. The molecule has 1 rings (SSSR count). The van der Waals surface area contributed by atoms with E-state index in [2.05, 4.69) is 4.74 Å². The van der Waals surface area contributed by atoms with Gasteiger partial charge in [0.1, 0.15) is 0 Å². The van der Waals surface area contributed by atoms with Crippen molar-refractivity contribution >= 4 is 23.5 Å². The molecule has 0 N–H and O–H groups in total. The van der Waals surface area contributed by atoms with Crippen molar-refractivity contribution < 1.29 is 32.3 Å². The second-order valence-corrected chi connectivity index (χ2v) is 4.06. The first-order valence-corrected chi connectivity index (χ1v) is 5.71. The minimum atomic E-state index is -4.94. The SMILES string of the molecule is COC(=O)c1cccc(N(C(C)=O)C(C)=O)c1C(F)(F)F. The van der Waals surface area contributed by atoms with E-state index in [1.54, 1.807) is 0 Å². The third-order valence-corrected chi connectivity index (χ3v) is 2.60. The van der Waals surface area contributed by atoms with Crippen LogP contribution in [0.15, 0.2) is 18.2 Å². The summed E-state index contributed by atoms with van der Waals surface area (Å²) in [6.45, 7) is 1.90. The van der Waals surface area contributed by atoms with Crippen LogP contribution in [-0.2, 0) is 20.5 Å². The number of hydrogen-bond donors (Lipinski definition) is 0. The van der Waals surface area contributed by atoms with Crippen molar-refractivity contribution in [3.8, 4) is 0 Å². The molecule has 0 aliphatic rings. The molecule has 5 nitrogen and oxygen atoms in total. The van der Waals surface area contributed by atoms with Gasteiger partial charge in [0.15, 0.2) is 0 Å². The van der Waals surface area contributed by atoms with Gasteiger partial charge in [-0.1, -0.05) is 6.07 Å². The summed E-state index contributed by atoms with van der Waals surface area (Å²) in [7, 11) is 0.933. The molecule has 1 aromatic carbocycles. The Labute approximate surface area is 118 Å². The van der Waals surface area contributed by atoms with E-state index in [0.29, 0.717) is 4.90 Å². The molecule has 0 atom stereocenters. The number of halogens is 3. The van der Waals surface area contributed by atoms with Crippen LogP contribution in [0.25, 0.3) is 0 Å². The van der Waals surface area contributed by atoms with Crippen molar-refractivity contribution in [2.45, 2.75) is 20.0 Å². The zero-order chi connectivity index (χ0) is 16.4. The van der Waals surface area contributed by atoms with Gasteiger partial charge in [-0.25, -0.2) is 4.79 Å². The highest BCUT2D eigenvalue weighted by molar-refractivity contribution is 6.14. The molecule has 0 spiro atoms. The molecule has 2 amide bonds. The molecule has 1 aromatic rings. The maximum absolute atomic E-state index is 13.2. The first-order valence-electron chi connectivity index (χ1n) is 5.71. The van der Waals surface area contributed by atoms with Crippen molar-refractivity contribution in [2.75, 3.05) is 12.0 Å². The van der Waals surface area contributed by atoms with E-state index in [4.69, 9.17) is 0 Å². The van der Waals surface area contributed by atoms with Crippen LogP contribution in [0.1, 0.15) is 29.8 Å². The Morgan fingerprint density at radius 3 is 2.00 bits per heavy atom. The molecule has 114 valence electrons. The van der Waals surface area contributed by atoms with Gasteiger partial charge in [-0.2, -0.15) is 13.2 Å². The fourth-order valence-electron chi connectivity index (χ4n) is 1.87. The van der Waals surface area contributed by atoms with Gasteiger partial charge >= 0.3 is 12.1 Å². The molecule has 8 heteroatoms. The first-order chi connectivity index (χ1) is 9.61. The molecule has 0 aromatic heterocycles. The quantitative estimate of drug-likeness (QED) is 0.787. The molecule has 0 aliphatic heterocycles. The van der Waals surface area contributed by atoms with Gasteiger partial charge in [0.2, 0.25) is 11.8 Å². The highest BCUT2D eigenvalue weighted by atomic mass is 19.4. The van der Waals surface area contributed by atoms with Gasteiger partial charge in [-0.15, -0.1) is 0 Å². The molecule has 0 aliphatic carbocycles. The van der Waals surface area contributed by atoms with Crippen LogP contribution in [0.3, 0.4) is 0 Å². The van der Waals surface area contributed by atoms with Gasteiger partial charge in [-0.3, -0.25) is 14.5 Å². The number of carbonyl (C=O) groups excluding carboxylic acids is 3. The monoisotopic (exact) mass is 303 g/mol. The molecule has 21 heavy (non-hydrogen) atoms. The van der Waals surface area contributed by atoms with E-state index in [0.717, 1.165) is 39.2 Å². The molecule has 0 saturated carbocycles.